The van der Waals surface area contributed by atoms with E-state index in [4.69, 9.17) is 0 Å². The van der Waals surface area contributed by atoms with E-state index in [9.17, 15) is 4.79 Å². The molecule has 1 rings (SSSR count). The second-order valence-electron chi connectivity index (χ2n) is 5.32. The Bertz CT molecular complexity index is 238. The molecule has 1 saturated heterocycles. The molecule has 1 amide bonds. The highest BCUT2D eigenvalue weighted by Gasteiger charge is 2.33. The van der Waals surface area contributed by atoms with Gasteiger partial charge in [-0.3, -0.25) is 4.79 Å². The van der Waals surface area contributed by atoms with E-state index in [1.54, 1.807) is 0 Å². The number of likely N-dealkylation sites (N-methyl/N-ethyl adjacent to an activating group) is 1. The number of carbonyl (C=O) groups is 1. The predicted molar refractivity (Wildman–Crippen MR) is 67.4 cm³/mol. The van der Waals surface area contributed by atoms with Crippen molar-refractivity contribution < 1.29 is 4.79 Å². The number of piperidine rings is 1. The molecule has 0 radical (unpaired) electrons. The maximum absolute atomic E-state index is 12.3. The van der Waals surface area contributed by atoms with Crippen molar-refractivity contribution in [3.05, 3.63) is 0 Å². The van der Waals surface area contributed by atoms with Gasteiger partial charge in [-0.15, -0.1) is 0 Å². The van der Waals surface area contributed by atoms with Crippen LogP contribution in [0.2, 0.25) is 0 Å². The van der Waals surface area contributed by atoms with Crippen molar-refractivity contribution in [2.45, 2.75) is 52.5 Å². The van der Waals surface area contributed by atoms with Gasteiger partial charge >= 0.3 is 0 Å². The van der Waals surface area contributed by atoms with Crippen molar-refractivity contribution in [1.82, 2.24) is 10.2 Å². The maximum Gasteiger partial charge on any atom is 0.242 e. The number of carbonyl (C=O) groups excluding carboxylic acids is 1. The lowest BCUT2D eigenvalue weighted by atomic mass is 9.93. The lowest BCUT2D eigenvalue weighted by Gasteiger charge is -2.37. The minimum atomic E-state index is -0.412. The van der Waals surface area contributed by atoms with Crippen molar-refractivity contribution >= 4 is 5.91 Å². The molecule has 1 fully saturated rings. The highest BCUT2D eigenvalue weighted by molar-refractivity contribution is 5.85. The summed E-state index contributed by atoms with van der Waals surface area (Å²) in [6.45, 7) is 10.9. The summed E-state index contributed by atoms with van der Waals surface area (Å²) in [7, 11) is 0. The molecule has 0 aromatic rings. The highest BCUT2D eigenvalue weighted by atomic mass is 16.2. The van der Waals surface area contributed by atoms with Gasteiger partial charge in [-0.25, -0.2) is 0 Å². The molecule has 0 aromatic heterocycles. The first-order valence-corrected chi connectivity index (χ1v) is 6.55. The van der Waals surface area contributed by atoms with E-state index in [1.165, 1.54) is 12.8 Å². The molecular formula is C13H26N2O. The van der Waals surface area contributed by atoms with Gasteiger partial charge in [-0.2, -0.15) is 0 Å². The lowest BCUT2D eigenvalue weighted by Crippen LogP contribution is -2.56. The molecule has 1 unspecified atom stereocenters. The summed E-state index contributed by atoms with van der Waals surface area (Å²) in [5.74, 6) is 0.961. The summed E-state index contributed by atoms with van der Waals surface area (Å²) in [5, 5.41) is 3.26. The van der Waals surface area contributed by atoms with E-state index >= 15 is 0 Å². The SMILES string of the molecule is CCNC(C)(C)C(=O)N1CCCC(CC)C1. The third-order valence-electron chi connectivity index (χ3n) is 3.54. The van der Waals surface area contributed by atoms with Gasteiger partial charge in [0, 0.05) is 13.1 Å². The Morgan fingerprint density at radius 2 is 2.12 bits per heavy atom. The molecule has 16 heavy (non-hydrogen) atoms. The molecule has 0 aliphatic carbocycles. The molecule has 3 heteroatoms. The summed E-state index contributed by atoms with van der Waals surface area (Å²) >= 11 is 0. The molecule has 1 heterocycles. The van der Waals surface area contributed by atoms with E-state index in [-0.39, 0.29) is 5.91 Å². The minimum Gasteiger partial charge on any atom is -0.341 e. The van der Waals surface area contributed by atoms with Gasteiger partial charge in [0.25, 0.3) is 0 Å². The molecule has 0 spiro atoms. The Balaban J connectivity index is 2.59. The van der Waals surface area contributed by atoms with Gasteiger partial charge in [0.1, 0.15) is 0 Å². The molecular weight excluding hydrogens is 200 g/mol. The zero-order valence-electron chi connectivity index (χ0n) is 11.2. The van der Waals surface area contributed by atoms with Gasteiger partial charge in [0.2, 0.25) is 5.91 Å². The van der Waals surface area contributed by atoms with E-state index in [0.29, 0.717) is 5.92 Å². The average molecular weight is 226 g/mol. The van der Waals surface area contributed by atoms with Crippen LogP contribution in [0.3, 0.4) is 0 Å². The first-order chi connectivity index (χ1) is 7.51. The first-order valence-electron chi connectivity index (χ1n) is 6.55. The van der Waals surface area contributed by atoms with Crippen molar-refractivity contribution in [3.63, 3.8) is 0 Å². The van der Waals surface area contributed by atoms with E-state index < -0.39 is 5.54 Å². The third-order valence-corrected chi connectivity index (χ3v) is 3.54. The largest absolute Gasteiger partial charge is 0.341 e. The molecule has 1 aliphatic heterocycles. The van der Waals surface area contributed by atoms with Gasteiger partial charge in [-0.1, -0.05) is 20.3 Å². The molecule has 1 N–H and O–H groups in total. The highest BCUT2D eigenvalue weighted by Crippen LogP contribution is 2.21. The molecule has 0 saturated carbocycles. The van der Waals surface area contributed by atoms with Crippen LogP contribution in [0.4, 0.5) is 0 Å². The van der Waals surface area contributed by atoms with Crippen LogP contribution in [0.5, 0.6) is 0 Å². The van der Waals surface area contributed by atoms with Gasteiger partial charge < -0.3 is 10.2 Å². The van der Waals surface area contributed by atoms with Crippen LogP contribution in [0, 0.1) is 5.92 Å². The number of hydrogen-bond acceptors (Lipinski definition) is 2. The number of nitrogens with one attached hydrogen (secondary N) is 1. The predicted octanol–water partition coefficient (Wildman–Crippen LogP) is 2.02. The number of amides is 1. The Hall–Kier alpha value is -0.570. The van der Waals surface area contributed by atoms with Crippen LogP contribution in [0.25, 0.3) is 0 Å². The Kier molecular flexibility index (Phi) is 4.78. The van der Waals surface area contributed by atoms with Crippen LogP contribution in [0.15, 0.2) is 0 Å². The van der Waals surface area contributed by atoms with Gasteiger partial charge in [0.15, 0.2) is 0 Å². The molecule has 3 nitrogen and oxygen atoms in total. The lowest BCUT2D eigenvalue weighted by molar-refractivity contribution is -0.139. The normalized spacial score (nSPS) is 22.2. The fourth-order valence-electron chi connectivity index (χ4n) is 2.50. The van der Waals surface area contributed by atoms with E-state index in [2.05, 4.69) is 12.2 Å². The van der Waals surface area contributed by atoms with E-state index in [1.807, 2.05) is 25.7 Å². The van der Waals surface area contributed by atoms with Crippen molar-refractivity contribution in [2.24, 2.45) is 5.92 Å². The van der Waals surface area contributed by atoms with Gasteiger partial charge in [-0.05, 0) is 39.2 Å². The van der Waals surface area contributed by atoms with Crippen molar-refractivity contribution in [1.29, 1.82) is 0 Å². The van der Waals surface area contributed by atoms with E-state index in [0.717, 1.165) is 26.1 Å². The first kappa shape index (κ1) is 13.5. The maximum atomic E-state index is 12.3. The van der Waals surface area contributed by atoms with Crippen molar-refractivity contribution in [3.8, 4) is 0 Å². The average Bonchev–Trinajstić information content (AvgIpc) is 2.28. The molecule has 0 aromatic carbocycles. The summed E-state index contributed by atoms with van der Waals surface area (Å²) in [4.78, 5) is 14.4. The Morgan fingerprint density at radius 3 is 2.69 bits per heavy atom. The smallest absolute Gasteiger partial charge is 0.242 e. The number of likely N-dealkylation sites (tertiary alicyclic amines) is 1. The van der Waals surface area contributed by atoms with Gasteiger partial charge in [0.05, 0.1) is 5.54 Å². The number of rotatable bonds is 4. The zero-order valence-corrected chi connectivity index (χ0v) is 11.2. The van der Waals surface area contributed by atoms with Crippen LogP contribution in [0.1, 0.15) is 47.0 Å². The fourth-order valence-corrected chi connectivity index (χ4v) is 2.50. The topological polar surface area (TPSA) is 32.3 Å². The van der Waals surface area contributed by atoms with Crippen LogP contribution < -0.4 is 5.32 Å². The molecule has 1 aliphatic rings. The molecule has 0 bridgehead atoms. The number of hydrogen-bond donors (Lipinski definition) is 1. The minimum absolute atomic E-state index is 0.257. The molecule has 1 atom stereocenters. The summed E-state index contributed by atoms with van der Waals surface area (Å²) in [6, 6.07) is 0. The number of nitrogens with zero attached hydrogens (tertiary/aromatic N) is 1. The standard InChI is InChI=1S/C13H26N2O/c1-5-11-8-7-9-15(10-11)12(16)13(3,4)14-6-2/h11,14H,5-10H2,1-4H3. The summed E-state index contributed by atoms with van der Waals surface area (Å²) in [6.07, 6.45) is 3.62. The second-order valence-corrected chi connectivity index (χ2v) is 5.32. The Morgan fingerprint density at radius 1 is 1.44 bits per heavy atom. The van der Waals surface area contributed by atoms with Crippen LogP contribution in [-0.2, 0) is 4.79 Å². The summed E-state index contributed by atoms with van der Waals surface area (Å²) < 4.78 is 0. The fraction of sp³-hybridized carbons (Fsp3) is 0.923. The molecule has 94 valence electrons. The summed E-state index contributed by atoms with van der Waals surface area (Å²) in [5.41, 5.74) is -0.412. The third kappa shape index (κ3) is 3.21. The second kappa shape index (κ2) is 5.67. The van der Waals surface area contributed by atoms with Crippen LogP contribution >= 0.6 is 0 Å². The zero-order chi connectivity index (χ0) is 12.2. The Labute approximate surface area is 99.6 Å². The quantitative estimate of drug-likeness (QED) is 0.795. The van der Waals surface area contributed by atoms with Crippen LogP contribution in [-0.4, -0.2) is 36.0 Å². The monoisotopic (exact) mass is 226 g/mol. The van der Waals surface area contributed by atoms with Crippen molar-refractivity contribution in [2.75, 3.05) is 19.6 Å².